The van der Waals surface area contributed by atoms with Gasteiger partial charge in [-0.3, -0.25) is 0 Å². The van der Waals surface area contributed by atoms with E-state index in [-0.39, 0.29) is 6.04 Å². The summed E-state index contributed by atoms with van der Waals surface area (Å²) >= 11 is 0. The maximum atomic E-state index is 11.2. The second-order valence-corrected chi connectivity index (χ2v) is 4.92. The number of methoxy groups -OCH3 is 1. The van der Waals surface area contributed by atoms with Crippen LogP contribution in [0.2, 0.25) is 0 Å². The minimum absolute atomic E-state index is 0.289. The first-order valence-electron chi connectivity index (χ1n) is 3.54. The van der Waals surface area contributed by atoms with Crippen molar-refractivity contribution in [1.29, 1.82) is 0 Å². The van der Waals surface area contributed by atoms with Crippen molar-refractivity contribution in [2.75, 3.05) is 7.11 Å². The molecule has 0 unspecified atom stereocenters. The Morgan fingerprint density at radius 3 is 2.25 bits per heavy atom. The molecule has 0 bridgehead atoms. The van der Waals surface area contributed by atoms with E-state index >= 15 is 0 Å². The number of nitrogens with zero attached hydrogens (tertiary/aromatic N) is 1. The molecule has 1 amide bonds. The summed E-state index contributed by atoms with van der Waals surface area (Å²) in [7, 11) is -2.24. The first-order chi connectivity index (χ1) is 5.42. The van der Waals surface area contributed by atoms with Gasteiger partial charge in [-0.05, 0) is 13.8 Å². The Kier molecular flexibility index (Phi) is 2.03. The van der Waals surface area contributed by atoms with E-state index in [2.05, 4.69) is 4.74 Å². The lowest BCUT2D eigenvalue weighted by atomic mass is 10.2. The zero-order chi connectivity index (χ0) is 9.52. The Morgan fingerprint density at radius 2 is 1.92 bits per heavy atom. The van der Waals surface area contributed by atoms with E-state index in [0.717, 1.165) is 11.4 Å². The summed E-state index contributed by atoms with van der Waals surface area (Å²) in [4.78, 5) is 10.9. The van der Waals surface area contributed by atoms with Crippen LogP contribution in [0.25, 0.3) is 0 Å². The highest BCUT2D eigenvalue weighted by Crippen LogP contribution is 2.29. The quantitative estimate of drug-likeness (QED) is 0.550. The van der Waals surface area contributed by atoms with Crippen LogP contribution < -0.4 is 0 Å². The molecule has 0 saturated carbocycles. The van der Waals surface area contributed by atoms with Crippen molar-refractivity contribution in [3.8, 4) is 0 Å². The molecule has 0 aromatic carbocycles. The Bertz CT molecular complexity index is 297. The average Bonchev–Trinajstić information content (AvgIpc) is 2.03. The lowest BCUT2D eigenvalue weighted by Crippen LogP contribution is -2.63. The van der Waals surface area contributed by atoms with E-state index in [1.165, 1.54) is 0 Å². The van der Waals surface area contributed by atoms with E-state index in [9.17, 15) is 13.2 Å². The Labute approximate surface area is 71.4 Å². The van der Waals surface area contributed by atoms with Crippen molar-refractivity contribution >= 4 is 16.1 Å². The van der Waals surface area contributed by atoms with Gasteiger partial charge in [0.25, 0.3) is 0 Å². The lowest BCUT2D eigenvalue weighted by Gasteiger charge is -2.41. The molecule has 0 N–H and O–H groups in total. The second-order valence-electron chi connectivity index (χ2n) is 2.76. The molecule has 2 atom stereocenters. The van der Waals surface area contributed by atoms with Gasteiger partial charge in [0.1, 0.15) is 0 Å². The molecule has 1 saturated heterocycles. The van der Waals surface area contributed by atoms with Gasteiger partial charge in [-0.15, -0.1) is 0 Å². The summed E-state index contributed by atoms with van der Waals surface area (Å²) < 4.78 is 27.4. The van der Waals surface area contributed by atoms with E-state index in [1.54, 1.807) is 13.8 Å². The van der Waals surface area contributed by atoms with E-state index < -0.39 is 21.4 Å². The summed E-state index contributed by atoms with van der Waals surface area (Å²) in [5.41, 5.74) is 0. The van der Waals surface area contributed by atoms with Crippen molar-refractivity contribution in [2.24, 2.45) is 0 Å². The highest BCUT2D eigenvalue weighted by Gasteiger charge is 2.51. The van der Waals surface area contributed by atoms with Crippen molar-refractivity contribution in [3.63, 3.8) is 0 Å². The minimum Gasteiger partial charge on any atom is -0.452 e. The molecule has 6 heteroatoms. The summed E-state index contributed by atoms with van der Waals surface area (Å²) in [6.07, 6.45) is -0.805. The molecular formula is C6H11NO4S. The van der Waals surface area contributed by atoms with Crippen LogP contribution in [0, 0.1) is 0 Å². The molecule has 1 rings (SSSR count). The van der Waals surface area contributed by atoms with Gasteiger partial charge in [-0.1, -0.05) is 0 Å². The van der Waals surface area contributed by atoms with Crippen LogP contribution in [-0.4, -0.2) is 37.2 Å². The van der Waals surface area contributed by atoms with Crippen molar-refractivity contribution in [1.82, 2.24) is 4.31 Å². The van der Waals surface area contributed by atoms with Crippen LogP contribution in [0.4, 0.5) is 4.79 Å². The summed E-state index contributed by atoms with van der Waals surface area (Å²) in [6, 6.07) is -0.289. The molecular weight excluding hydrogens is 182 g/mol. The molecule has 0 aromatic rings. The van der Waals surface area contributed by atoms with Gasteiger partial charge in [-0.2, -0.15) is 4.31 Å². The fourth-order valence-corrected chi connectivity index (χ4v) is 2.86. The molecule has 0 spiro atoms. The number of carbonyl (C=O) groups is 1. The van der Waals surface area contributed by atoms with Gasteiger partial charge in [0.15, 0.2) is 0 Å². The highest BCUT2D eigenvalue weighted by molar-refractivity contribution is 7.91. The second kappa shape index (κ2) is 2.62. The number of rotatable bonds is 0. The molecule has 12 heavy (non-hydrogen) atoms. The molecule has 0 aliphatic carbocycles. The number of amides is 1. The van der Waals surface area contributed by atoms with Crippen LogP contribution in [-0.2, 0) is 14.8 Å². The van der Waals surface area contributed by atoms with Gasteiger partial charge in [-0.25, -0.2) is 13.2 Å². The molecule has 5 nitrogen and oxygen atoms in total. The predicted molar refractivity (Wildman–Crippen MR) is 42.1 cm³/mol. The SMILES string of the molecule is COC(=O)N1[C@@H](C)[C@@H](C)S1(=O)=O. The van der Waals surface area contributed by atoms with Crippen molar-refractivity contribution in [3.05, 3.63) is 0 Å². The number of hydrogen-bond donors (Lipinski definition) is 0. The Balaban J connectivity index is 2.89. The number of ether oxygens (including phenoxy) is 1. The van der Waals surface area contributed by atoms with Gasteiger partial charge in [0.2, 0.25) is 10.0 Å². The molecule has 0 radical (unpaired) electrons. The summed E-state index contributed by atoms with van der Waals surface area (Å²) in [5.74, 6) is 0. The normalized spacial score (nSPS) is 32.4. The number of sulfonamides is 1. The minimum atomic E-state index is -3.40. The van der Waals surface area contributed by atoms with Crippen LogP contribution in [0.1, 0.15) is 13.8 Å². The molecule has 1 fully saturated rings. The summed E-state index contributed by atoms with van der Waals surface area (Å²) in [6.45, 7) is 3.24. The first kappa shape index (κ1) is 9.31. The van der Waals surface area contributed by atoms with E-state index in [0.29, 0.717) is 0 Å². The van der Waals surface area contributed by atoms with Gasteiger partial charge in [0, 0.05) is 0 Å². The molecule has 1 heterocycles. The number of carbonyl (C=O) groups excluding carboxylic acids is 1. The standard InChI is InChI=1S/C6H11NO4S/c1-4-5(2)12(9,10)7(4)6(8)11-3/h4-5H,1-3H3/t4-,5+/m0/s1. The van der Waals surface area contributed by atoms with E-state index in [1.807, 2.05) is 0 Å². The van der Waals surface area contributed by atoms with Crippen molar-refractivity contribution in [2.45, 2.75) is 25.1 Å². The molecule has 0 aromatic heterocycles. The average molecular weight is 193 g/mol. The fraction of sp³-hybridized carbons (Fsp3) is 0.833. The maximum absolute atomic E-state index is 11.2. The first-order valence-corrected chi connectivity index (χ1v) is 5.04. The monoisotopic (exact) mass is 193 g/mol. The Morgan fingerprint density at radius 1 is 1.42 bits per heavy atom. The van der Waals surface area contributed by atoms with Crippen LogP contribution >= 0.6 is 0 Å². The van der Waals surface area contributed by atoms with E-state index in [4.69, 9.17) is 0 Å². The summed E-state index contributed by atoms with van der Waals surface area (Å²) in [5, 5.41) is -0.489. The largest absolute Gasteiger partial charge is 0.452 e. The third-order valence-electron chi connectivity index (χ3n) is 2.15. The lowest BCUT2D eigenvalue weighted by molar-refractivity contribution is 0.130. The third kappa shape index (κ3) is 0.979. The Hall–Kier alpha value is -0.780. The van der Waals surface area contributed by atoms with Gasteiger partial charge >= 0.3 is 6.09 Å². The maximum Gasteiger partial charge on any atom is 0.423 e. The third-order valence-corrected chi connectivity index (χ3v) is 4.51. The number of hydrogen-bond acceptors (Lipinski definition) is 4. The highest BCUT2D eigenvalue weighted by atomic mass is 32.2. The van der Waals surface area contributed by atoms with Gasteiger partial charge < -0.3 is 4.74 Å². The van der Waals surface area contributed by atoms with Crippen molar-refractivity contribution < 1.29 is 17.9 Å². The zero-order valence-corrected chi connectivity index (χ0v) is 7.96. The molecule has 1 aliphatic heterocycles. The van der Waals surface area contributed by atoms with Crippen LogP contribution in [0.5, 0.6) is 0 Å². The van der Waals surface area contributed by atoms with Crippen LogP contribution in [0.15, 0.2) is 0 Å². The zero-order valence-electron chi connectivity index (χ0n) is 7.14. The van der Waals surface area contributed by atoms with Gasteiger partial charge in [0.05, 0.1) is 18.4 Å². The molecule has 1 aliphatic rings. The predicted octanol–water partition coefficient (Wildman–Crippen LogP) is 0.175. The smallest absolute Gasteiger partial charge is 0.423 e. The fourth-order valence-electron chi connectivity index (χ4n) is 1.15. The topological polar surface area (TPSA) is 63.7 Å². The van der Waals surface area contributed by atoms with Crippen LogP contribution in [0.3, 0.4) is 0 Å². The molecule has 70 valence electrons.